The number of carbonyl (C=O) groups excluding carboxylic acids is 1. The van der Waals surface area contributed by atoms with Crippen molar-refractivity contribution in [3.05, 3.63) is 93.5 Å². The quantitative estimate of drug-likeness (QED) is 0.469. The Balaban J connectivity index is 1.48. The number of carbonyl (C=O) groups is 2. The lowest BCUT2D eigenvalue weighted by molar-refractivity contribution is -0.143. The first-order chi connectivity index (χ1) is 15.3. The maximum absolute atomic E-state index is 12.6. The van der Waals surface area contributed by atoms with Crippen LogP contribution in [0.25, 0.3) is 11.1 Å². The van der Waals surface area contributed by atoms with Crippen molar-refractivity contribution in [2.45, 2.75) is 24.8 Å². The van der Waals surface area contributed by atoms with Gasteiger partial charge in [-0.25, -0.2) is 9.59 Å². The van der Waals surface area contributed by atoms with Crippen LogP contribution in [0.4, 0.5) is 4.79 Å². The van der Waals surface area contributed by atoms with Gasteiger partial charge in [0.25, 0.3) is 0 Å². The van der Waals surface area contributed by atoms with Crippen molar-refractivity contribution in [1.29, 1.82) is 0 Å². The topological polar surface area (TPSA) is 75.6 Å². The molecule has 0 bridgehead atoms. The molecule has 164 valence electrons. The van der Waals surface area contributed by atoms with Crippen molar-refractivity contribution >= 4 is 35.3 Å². The van der Waals surface area contributed by atoms with E-state index in [-0.39, 0.29) is 18.9 Å². The Morgan fingerprint density at radius 3 is 2.16 bits per heavy atom. The molecule has 0 heterocycles. The van der Waals surface area contributed by atoms with Crippen LogP contribution in [-0.4, -0.2) is 29.3 Å². The summed E-state index contributed by atoms with van der Waals surface area (Å²) in [4.78, 5) is 24.6. The number of alkyl carbamates (subject to hydrolysis) is 1. The van der Waals surface area contributed by atoms with Crippen LogP contribution in [0.15, 0.2) is 66.7 Å². The molecule has 0 saturated heterocycles. The van der Waals surface area contributed by atoms with Crippen LogP contribution >= 0.6 is 23.2 Å². The van der Waals surface area contributed by atoms with Gasteiger partial charge in [-0.1, -0.05) is 77.8 Å². The molecular formula is C25H21Cl2NO4. The molecule has 32 heavy (non-hydrogen) atoms. The second-order valence-electron chi connectivity index (χ2n) is 8.00. The highest BCUT2D eigenvalue weighted by Gasteiger charge is 2.37. The van der Waals surface area contributed by atoms with Crippen molar-refractivity contribution in [2.24, 2.45) is 0 Å². The molecule has 5 nitrogen and oxygen atoms in total. The largest absolute Gasteiger partial charge is 0.480 e. The average molecular weight is 470 g/mol. The van der Waals surface area contributed by atoms with Gasteiger partial charge in [0, 0.05) is 22.4 Å². The van der Waals surface area contributed by atoms with Gasteiger partial charge in [-0.05, 0) is 46.9 Å². The van der Waals surface area contributed by atoms with Crippen molar-refractivity contribution in [2.75, 3.05) is 6.61 Å². The third-order valence-electron chi connectivity index (χ3n) is 5.75. The molecule has 0 saturated carbocycles. The summed E-state index contributed by atoms with van der Waals surface area (Å²) in [6.45, 7) is 1.51. The van der Waals surface area contributed by atoms with Crippen molar-refractivity contribution in [1.82, 2.24) is 5.32 Å². The number of carboxylic acids is 1. The van der Waals surface area contributed by atoms with Gasteiger partial charge >= 0.3 is 12.1 Å². The number of rotatable bonds is 6. The summed E-state index contributed by atoms with van der Waals surface area (Å²) in [5.41, 5.74) is 3.33. The summed E-state index contributed by atoms with van der Waals surface area (Å²) in [6.07, 6.45) is -0.829. The van der Waals surface area contributed by atoms with Crippen LogP contribution in [0, 0.1) is 0 Å². The summed E-state index contributed by atoms with van der Waals surface area (Å²) >= 11 is 12.1. The number of ether oxygens (including phenoxy) is 1. The van der Waals surface area contributed by atoms with E-state index in [2.05, 4.69) is 5.32 Å². The smallest absolute Gasteiger partial charge is 0.408 e. The highest BCUT2D eigenvalue weighted by molar-refractivity contribution is 6.35. The first-order valence-electron chi connectivity index (χ1n) is 10.1. The van der Waals surface area contributed by atoms with E-state index in [4.69, 9.17) is 27.9 Å². The summed E-state index contributed by atoms with van der Waals surface area (Å²) < 4.78 is 5.51. The third-order valence-corrected chi connectivity index (χ3v) is 6.34. The fourth-order valence-corrected chi connectivity index (χ4v) is 4.55. The van der Waals surface area contributed by atoms with E-state index in [1.165, 1.54) is 13.0 Å². The molecule has 3 aromatic carbocycles. The molecule has 0 aromatic heterocycles. The molecule has 2 N–H and O–H groups in total. The van der Waals surface area contributed by atoms with Crippen LogP contribution in [0.2, 0.25) is 10.0 Å². The Bertz CT molecular complexity index is 1150. The molecule has 1 aliphatic rings. The van der Waals surface area contributed by atoms with Gasteiger partial charge in [-0.15, -0.1) is 0 Å². The zero-order valence-corrected chi connectivity index (χ0v) is 18.8. The van der Waals surface area contributed by atoms with Crippen molar-refractivity contribution in [3.8, 4) is 11.1 Å². The van der Waals surface area contributed by atoms with Crippen LogP contribution in [-0.2, 0) is 16.0 Å². The Morgan fingerprint density at radius 2 is 1.59 bits per heavy atom. The second-order valence-corrected chi connectivity index (χ2v) is 8.84. The molecule has 0 fully saturated rings. The first kappa shape index (κ1) is 22.2. The number of halogens is 2. The number of hydrogen-bond acceptors (Lipinski definition) is 3. The minimum Gasteiger partial charge on any atom is -0.480 e. The Kier molecular flexibility index (Phi) is 6.13. The molecule has 0 spiro atoms. The van der Waals surface area contributed by atoms with Crippen LogP contribution in [0.1, 0.15) is 29.5 Å². The SMILES string of the molecule is CC(Cc1ccc(Cl)cc1Cl)(NC(=O)OCC1c2ccccc2-c2ccccc21)C(=O)O. The van der Waals surface area contributed by atoms with Gasteiger partial charge in [-0.2, -0.15) is 0 Å². The maximum atomic E-state index is 12.6. The molecule has 1 aliphatic carbocycles. The summed E-state index contributed by atoms with van der Waals surface area (Å²) in [6, 6.07) is 20.8. The highest BCUT2D eigenvalue weighted by Crippen LogP contribution is 2.44. The number of hydrogen-bond donors (Lipinski definition) is 2. The summed E-state index contributed by atoms with van der Waals surface area (Å²) in [7, 11) is 0. The first-order valence-corrected chi connectivity index (χ1v) is 10.8. The van der Waals surface area contributed by atoms with Crippen LogP contribution in [0.5, 0.6) is 0 Å². The minimum atomic E-state index is -1.61. The van der Waals surface area contributed by atoms with Gasteiger partial charge in [0.1, 0.15) is 12.1 Å². The lowest BCUT2D eigenvalue weighted by atomic mass is 9.93. The Morgan fingerprint density at radius 1 is 1.00 bits per heavy atom. The van der Waals surface area contributed by atoms with Crippen molar-refractivity contribution < 1.29 is 19.4 Å². The van der Waals surface area contributed by atoms with E-state index in [0.717, 1.165) is 22.3 Å². The lowest BCUT2D eigenvalue weighted by Gasteiger charge is -2.27. The van der Waals surface area contributed by atoms with Gasteiger partial charge in [-0.3, -0.25) is 0 Å². The number of amides is 1. The normalized spacial score (nSPS) is 14.2. The Labute approximate surface area is 195 Å². The van der Waals surface area contributed by atoms with Gasteiger partial charge < -0.3 is 15.2 Å². The van der Waals surface area contributed by atoms with E-state index in [0.29, 0.717) is 15.6 Å². The van der Waals surface area contributed by atoms with Crippen LogP contribution < -0.4 is 5.32 Å². The molecule has 3 aromatic rings. The molecule has 1 unspecified atom stereocenters. The van der Waals surface area contributed by atoms with E-state index < -0.39 is 17.6 Å². The number of carboxylic acid groups (broad SMARTS) is 1. The number of aliphatic carboxylic acids is 1. The minimum absolute atomic E-state index is 0.0253. The van der Waals surface area contributed by atoms with Gasteiger partial charge in [0.05, 0.1) is 0 Å². The second kappa shape index (κ2) is 8.85. The van der Waals surface area contributed by atoms with E-state index >= 15 is 0 Å². The lowest BCUT2D eigenvalue weighted by Crippen LogP contribution is -2.54. The number of benzene rings is 3. The summed E-state index contributed by atoms with van der Waals surface area (Å²) in [5, 5.41) is 13.1. The monoisotopic (exact) mass is 469 g/mol. The average Bonchev–Trinajstić information content (AvgIpc) is 3.08. The van der Waals surface area contributed by atoms with E-state index in [9.17, 15) is 14.7 Å². The zero-order chi connectivity index (χ0) is 22.9. The predicted octanol–water partition coefficient (Wildman–Crippen LogP) is 5.92. The van der Waals surface area contributed by atoms with Crippen LogP contribution in [0.3, 0.4) is 0 Å². The molecule has 7 heteroatoms. The van der Waals surface area contributed by atoms with E-state index in [1.807, 2.05) is 48.5 Å². The zero-order valence-electron chi connectivity index (χ0n) is 17.3. The molecule has 1 amide bonds. The fraction of sp³-hybridized carbons (Fsp3) is 0.200. The number of nitrogens with one attached hydrogen (secondary N) is 1. The highest BCUT2D eigenvalue weighted by atomic mass is 35.5. The molecule has 0 radical (unpaired) electrons. The van der Waals surface area contributed by atoms with Gasteiger partial charge in [0.15, 0.2) is 0 Å². The molecule has 0 aliphatic heterocycles. The van der Waals surface area contributed by atoms with E-state index in [1.54, 1.807) is 12.1 Å². The Hall–Kier alpha value is -3.02. The van der Waals surface area contributed by atoms with Crippen molar-refractivity contribution in [3.63, 3.8) is 0 Å². The fourth-order valence-electron chi connectivity index (χ4n) is 4.08. The molecular weight excluding hydrogens is 449 g/mol. The number of fused-ring (bicyclic) bond motifs is 3. The summed E-state index contributed by atoms with van der Waals surface area (Å²) in [5.74, 6) is -1.31. The van der Waals surface area contributed by atoms with Gasteiger partial charge in [0.2, 0.25) is 0 Å². The third kappa shape index (κ3) is 4.31. The standard InChI is InChI=1S/C25H21Cl2NO4/c1-25(23(29)30,13-15-10-11-16(26)12-22(15)27)28-24(31)32-14-21-19-8-4-2-6-17(19)18-7-3-5-9-20(18)21/h2-12,21H,13-14H2,1H3,(H,28,31)(H,29,30). The maximum Gasteiger partial charge on any atom is 0.408 e. The predicted molar refractivity (Wildman–Crippen MR) is 124 cm³/mol. The molecule has 1 atom stereocenters. The molecule has 4 rings (SSSR count).